The SMILES string of the molecule is Cc1cccc(C2=NCC=C2c2ccnc(OCc3cn(C)cn3)c2)n1. The van der Waals surface area contributed by atoms with Gasteiger partial charge in [-0.2, -0.15) is 0 Å². The highest BCUT2D eigenvalue weighted by molar-refractivity contribution is 6.32. The molecule has 1 aliphatic rings. The summed E-state index contributed by atoms with van der Waals surface area (Å²) in [5.41, 5.74) is 5.73. The molecule has 130 valence electrons. The first-order chi connectivity index (χ1) is 12.7. The Kier molecular flexibility index (Phi) is 4.31. The lowest BCUT2D eigenvalue weighted by Gasteiger charge is -2.09. The van der Waals surface area contributed by atoms with E-state index in [9.17, 15) is 0 Å². The summed E-state index contributed by atoms with van der Waals surface area (Å²) in [4.78, 5) is 17.8. The first kappa shape index (κ1) is 16.2. The number of aromatic nitrogens is 4. The molecule has 3 aromatic rings. The van der Waals surface area contributed by atoms with Gasteiger partial charge in [-0.3, -0.25) is 9.98 Å². The van der Waals surface area contributed by atoms with E-state index in [4.69, 9.17) is 4.74 Å². The van der Waals surface area contributed by atoms with Gasteiger partial charge in [-0.15, -0.1) is 0 Å². The van der Waals surface area contributed by atoms with Gasteiger partial charge < -0.3 is 9.30 Å². The molecule has 0 unspecified atom stereocenters. The molecule has 0 atom stereocenters. The summed E-state index contributed by atoms with van der Waals surface area (Å²) in [7, 11) is 1.93. The summed E-state index contributed by atoms with van der Waals surface area (Å²) in [5.74, 6) is 0.567. The number of rotatable bonds is 5. The standard InChI is InChI=1S/C20H19N5O/c1-14-4-3-5-18(24-14)20-17(7-9-22-20)15-6-8-21-19(10-15)26-12-16-11-25(2)13-23-16/h3-8,10-11,13H,9,12H2,1-2H3. The lowest BCUT2D eigenvalue weighted by atomic mass is 10.0. The van der Waals surface area contributed by atoms with E-state index in [1.165, 1.54) is 0 Å². The number of imidazole rings is 1. The van der Waals surface area contributed by atoms with E-state index in [0.29, 0.717) is 19.0 Å². The summed E-state index contributed by atoms with van der Waals surface area (Å²) in [6, 6.07) is 9.88. The van der Waals surface area contributed by atoms with Gasteiger partial charge in [0.1, 0.15) is 6.61 Å². The largest absolute Gasteiger partial charge is 0.471 e. The van der Waals surface area contributed by atoms with Crippen molar-refractivity contribution in [3.63, 3.8) is 0 Å². The minimum Gasteiger partial charge on any atom is -0.471 e. The van der Waals surface area contributed by atoms with Crippen molar-refractivity contribution in [2.45, 2.75) is 13.5 Å². The molecule has 6 heteroatoms. The average Bonchev–Trinajstić information content (AvgIpc) is 3.29. The van der Waals surface area contributed by atoms with Crippen LogP contribution in [0.25, 0.3) is 5.57 Å². The molecule has 6 nitrogen and oxygen atoms in total. The molecule has 0 aliphatic carbocycles. The predicted octanol–water partition coefficient (Wildman–Crippen LogP) is 2.98. The van der Waals surface area contributed by atoms with Gasteiger partial charge in [-0.25, -0.2) is 9.97 Å². The summed E-state index contributed by atoms with van der Waals surface area (Å²) in [5, 5.41) is 0. The average molecular weight is 345 g/mol. The second-order valence-electron chi connectivity index (χ2n) is 6.17. The maximum absolute atomic E-state index is 5.80. The molecule has 1 aliphatic heterocycles. The van der Waals surface area contributed by atoms with Crippen LogP contribution >= 0.6 is 0 Å². The smallest absolute Gasteiger partial charge is 0.214 e. The Bertz CT molecular complexity index is 1000. The topological polar surface area (TPSA) is 65.2 Å². The fourth-order valence-corrected chi connectivity index (χ4v) is 2.90. The number of allylic oxidation sites excluding steroid dienone is 1. The van der Waals surface area contributed by atoms with E-state index in [2.05, 4.69) is 26.0 Å². The molecule has 0 amide bonds. The van der Waals surface area contributed by atoms with Crippen LogP contribution in [0, 0.1) is 6.92 Å². The van der Waals surface area contributed by atoms with E-state index in [0.717, 1.165) is 33.9 Å². The molecular formula is C20H19N5O. The van der Waals surface area contributed by atoms with E-state index in [1.54, 1.807) is 12.5 Å². The third-order valence-electron chi connectivity index (χ3n) is 4.10. The van der Waals surface area contributed by atoms with Crippen molar-refractivity contribution < 1.29 is 4.74 Å². The molecule has 3 aromatic heterocycles. The molecular weight excluding hydrogens is 326 g/mol. The zero-order valence-electron chi connectivity index (χ0n) is 14.8. The molecule has 0 saturated heterocycles. The highest BCUT2D eigenvalue weighted by Crippen LogP contribution is 2.26. The minimum absolute atomic E-state index is 0.386. The van der Waals surface area contributed by atoms with Crippen molar-refractivity contribution in [2.24, 2.45) is 12.0 Å². The zero-order valence-corrected chi connectivity index (χ0v) is 14.8. The van der Waals surface area contributed by atoms with E-state index >= 15 is 0 Å². The van der Waals surface area contributed by atoms with Crippen molar-refractivity contribution in [1.82, 2.24) is 19.5 Å². The number of hydrogen-bond donors (Lipinski definition) is 0. The van der Waals surface area contributed by atoms with Gasteiger partial charge in [-0.05, 0) is 30.7 Å². The minimum atomic E-state index is 0.386. The van der Waals surface area contributed by atoms with Crippen LogP contribution in [-0.2, 0) is 13.7 Å². The van der Waals surface area contributed by atoms with Crippen molar-refractivity contribution in [3.8, 4) is 5.88 Å². The van der Waals surface area contributed by atoms with Gasteiger partial charge in [-0.1, -0.05) is 12.1 Å². The second-order valence-corrected chi connectivity index (χ2v) is 6.17. The number of aryl methyl sites for hydroxylation is 2. The van der Waals surface area contributed by atoms with Gasteiger partial charge in [0.15, 0.2) is 0 Å². The molecule has 0 N–H and O–H groups in total. The number of pyridine rings is 2. The quantitative estimate of drug-likeness (QED) is 0.713. The van der Waals surface area contributed by atoms with Crippen LogP contribution in [0.1, 0.15) is 22.6 Å². The number of hydrogen-bond acceptors (Lipinski definition) is 5. The Morgan fingerprint density at radius 1 is 1.19 bits per heavy atom. The fraction of sp³-hybridized carbons (Fsp3) is 0.200. The van der Waals surface area contributed by atoms with E-state index < -0.39 is 0 Å². The Labute approximate surface area is 151 Å². The maximum Gasteiger partial charge on any atom is 0.214 e. The van der Waals surface area contributed by atoms with Gasteiger partial charge >= 0.3 is 0 Å². The maximum atomic E-state index is 5.80. The third-order valence-corrected chi connectivity index (χ3v) is 4.10. The molecule has 0 spiro atoms. The number of aliphatic imine (C=N–C) groups is 1. The van der Waals surface area contributed by atoms with Crippen LogP contribution in [0.2, 0.25) is 0 Å². The van der Waals surface area contributed by atoms with Crippen molar-refractivity contribution in [1.29, 1.82) is 0 Å². The predicted molar refractivity (Wildman–Crippen MR) is 100 cm³/mol. The van der Waals surface area contributed by atoms with Crippen molar-refractivity contribution in [2.75, 3.05) is 6.54 Å². The Morgan fingerprint density at radius 3 is 2.92 bits per heavy atom. The molecule has 4 rings (SSSR count). The first-order valence-electron chi connectivity index (χ1n) is 8.44. The molecule has 0 radical (unpaired) electrons. The normalized spacial score (nSPS) is 13.5. The van der Waals surface area contributed by atoms with Crippen molar-refractivity contribution >= 4 is 11.3 Å². The van der Waals surface area contributed by atoms with E-state index in [-0.39, 0.29) is 0 Å². The van der Waals surface area contributed by atoms with Crippen LogP contribution in [-0.4, -0.2) is 31.8 Å². The zero-order chi connectivity index (χ0) is 17.9. The monoisotopic (exact) mass is 345 g/mol. The Hall–Kier alpha value is -3.28. The Balaban J connectivity index is 1.55. The second kappa shape index (κ2) is 6.92. The van der Waals surface area contributed by atoms with Crippen LogP contribution < -0.4 is 4.74 Å². The summed E-state index contributed by atoms with van der Waals surface area (Å²) in [6.45, 7) is 3.03. The number of nitrogens with zero attached hydrogens (tertiary/aromatic N) is 5. The molecule has 4 heterocycles. The highest BCUT2D eigenvalue weighted by Gasteiger charge is 2.18. The van der Waals surface area contributed by atoms with Gasteiger partial charge in [0, 0.05) is 36.8 Å². The molecule has 0 saturated carbocycles. The molecule has 0 fully saturated rings. The molecule has 0 aromatic carbocycles. The Morgan fingerprint density at radius 2 is 2.12 bits per heavy atom. The third kappa shape index (κ3) is 3.39. The molecule has 0 bridgehead atoms. The van der Waals surface area contributed by atoms with Crippen LogP contribution in [0.15, 0.2) is 60.1 Å². The van der Waals surface area contributed by atoms with Gasteiger partial charge in [0.05, 0.1) is 30.0 Å². The lowest BCUT2D eigenvalue weighted by molar-refractivity contribution is 0.289. The molecule has 26 heavy (non-hydrogen) atoms. The van der Waals surface area contributed by atoms with Crippen LogP contribution in [0.4, 0.5) is 0 Å². The lowest BCUT2D eigenvalue weighted by Crippen LogP contribution is -2.06. The van der Waals surface area contributed by atoms with Crippen molar-refractivity contribution in [3.05, 3.63) is 77.8 Å². The van der Waals surface area contributed by atoms with E-state index in [1.807, 2.05) is 55.1 Å². The highest BCUT2D eigenvalue weighted by atomic mass is 16.5. The van der Waals surface area contributed by atoms with Gasteiger partial charge in [0.2, 0.25) is 5.88 Å². The number of ether oxygens (including phenoxy) is 1. The summed E-state index contributed by atoms with van der Waals surface area (Å²) < 4.78 is 7.69. The first-order valence-corrected chi connectivity index (χ1v) is 8.44. The van der Waals surface area contributed by atoms with Crippen LogP contribution in [0.3, 0.4) is 0 Å². The van der Waals surface area contributed by atoms with Gasteiger partial charge in [0.25, 0.3) is 0 Å². The van der Waals surface area contributed by atoms with Crippen LogP contribution in [0.5, 0.6) is 5.88 Å². The summed E-state index contributed by atoms with van der Waals surface area (Å²) in [6.07, 6.45) is 7.54. The summed E-state index contributed by atoms with van der Waals surface area (Å²) >= 11 is 0. The fourth-order valence-electron chi connectivity index (χ4n) is 2.90.